The number of rotatable bonds is 6. The lowest BCUT2D eigenvalue weighted by atomic mass is 10.1. The Balaban J connectivity index is 1.74. The highest BCUT2D eigenvalue weighted by Gasteiger charge is 2.25. The predicted molar refractivity (Wildman–Crippen MR) is 111 cm³/mol. The van der Waals surface area contributed by atoms with Crippen LogP contribution in [0, 0.1) is 5.92 Å². The van der Waals surface area contributed by atoms with Gasteiger partial charge in [0, 0.05) is 16.5 Å². The molecule has 28 heavy (non-hydrogen) atoms. The van der Waals surface area contributed by atoms with E-state index in [0.717, 1.165) is 16.9 Å². The molecule has 0 saturated carbocycles. The molecule has 0 radical (unpaired) electrons. The highest BCUT2D eigenvalue weighted by Crippen LogP contribution is 2.33. The molecule has 0 aromatic heterocycles. The van der Waals surface area contributed by atoms with Crippen molar-refractivity contribution in [1.29, 1.82) is 0 Å². The van der Waals surface area contributed by atoms with E-state index in [1.807, 2.05) is 31.2 Å². The molecule has 1 unspecified atom stereocenters. The third-order valence-electron chi connectivity index (χ3n) is 4.52. The highest BCUT2D eigenvalue weighted by atomic mass is 32.2. The quantitative estimate of drug-likeness (QED) is 0.751. The van der Waals surface area contributed by atoms with Gasteiger partial charge in [0.05, 0.1) is 22.1 Å². The molecule has 1 aliphatic rings. The van der Waals surface area contributed by atoms with Crippen molar-refractivity contribution in [2.24, 2.45) is 5.92 Å². The lowest BCUT2D eigenvalue weighted by Crippen LogP contribution is -2.27. The second-order valence-corrected chi connectivity index (χ2v) is 9.73. The van der Waals surface area contributed by atoms with Gasteiger partial charge in [-0.1, -0.05) is 32.0 Å². The minimum absolute atomic E-state index is 0.0997. The van der Waals surface area contributed by atoms with Gasteiger partial charge >= 0.3 is 0 Å². The van der Waals surface area contributed by atoms with Crippen LogP contribution in [-0.4, -0.2) is 31.7 Å². The molecule has 3 rings (SSSR count). The van der Waals surface area contributed by atoms with Crippen molar-refractivity contribution >= 4 is 44.8 Å². The van der Waals surface area contributed by atoms with Crippen molar-refractivity contribution in [2.75, 3.05) is 22.1 Å². The SMILES string of the molecule is CCc1ccccc1NC(=O)C(C)CS(=O)(=O)c1ccc2c(c1)NC(=O)CS2. The molecular formula is C20H22N2O4S2. The van der Waals surface area contributed by atoms with E-state index in [4.69, 9.17) is 0 Å². The zero-order chi connectivity index (χ0) is 20.3. The van der Waals surface area contributed by atoms with E-state index in [2.05, 4.69) is 10.6 Å². The van der Waals surface area contributed by atoms with Crippen LogP contribution in [0.2, 0.25) is 0 Å². The number of amides is 2. The van der Waals surface area contributed by atoms with Gasteiger partial charge in [0.25, 0.3) is 0 Å². The van der Waals surface area contributed by atoms with Crippen LogP contribution in [0.5, 0.6) is 0 Å². The van der Waals surface area contributed by atoms with Crippen LogP contribution >= 0.6 is 11.8 Å². The largest absolute Gasteiger partial charge is 0.326 e. The molecule has 2 N–H and O–H groups in total. The maximum Gasteiger partial charge on any atom is 0.234 e. The van der Waals surface area contributed by atoms with Gasteiger partial charge < -0.3 is 10.6 Å². The van der Waals surface area contributed by atoms with Crippen molar-refractivity contribution in [1.82, 2.24) is 0 Å². The first kappa shape index (κ1) is 20.4. The van der Waals surface area contributed by atoms with Gasteiger partial charge in [-0.2, -0.15) is 0 Å². The summed E-state index contributed by atoms with van der Waals surface area (Å²) >= 11 is 1.37. The Morgan fingerprint density at radius 3 is 2.75 bits per heavy atom. The number of thioether (sulfide) groups is 1. The van der Waals surface area contributed by atoms with E-state index >= 15 is 0 Å². The summed E-state index contributed by atoms with van der Waals surface area (Å²) in [7, 11) is -3.68. The first-order valence-electron chi connectivity index (χ1n) is 8.98. The summed E-state index contributed by atoms with van der Waals surface area (Å²) in [4.78, 5) is 25.0. The summed E-state index contributed by atoms with van der Waals surface area (Å²) in [6.07, 6.45) is 0.766. The summed E-state index contributed by atoms with van der Waals surface area (Å²) in [6.45, 7) is 3.59. The molecule has 2 aromatic carbocycles. The number of hydrogen-bond acceptors (Lipinski definition) is 5. The van der Waals surface area contributed by atoms with Gasteiger partial charge in [0.2, 0.25) is 11.8 Å². The lowest BCUT2D eigenvalue weighted by molar-refractivity contribution is -0.118. The Kier molecular flexibility index (Phi) is 6.10. The Morgan fingerprint density at radius 1 is 1.25 bits per heavy atom. The summed E-state index contributed by atoms with van der Waals surface area (Å²) < 4.78 is 25.6. The Labute approximate surface area is 169 Å². The van der Waals surface area contributed by atoms with Gasteiger partial charge in [-0.05, 0) is 36.2 Å². The maximum absolute atomic E-state index is 12.8. The Hall–Kier alpha value is -2.32. The molecule has 2 aromatic rings. The van der Waals surface area contributed by atoms with Crippen molar-refractivity contribution in [3.63, 3.8) is 0 Å². The van der Waals surface area contributed by atoms with Gasteiger partial charge in [-0.15, -0.1) is 11.8 Å². The lowest BCUT2D eigenvalue weighted by Gasteiger charge is -2.18. The first-order chi connectivity index (χ1) is 13.3. The van der Waals surface area contributed by atoms with Crippen LogP contribution in [-0.2, 0) is 25.8 Å². The van der Waals surface area contributed by atoms with E-state index < -0.39 is 15.8 Å². The Morgan fingerprint density at radius 2 is 2.00 bits per heavy atom. The van der Waals surface area contributed by atoms with Crippen molar-refractivity contribution in [3.05, 3.63) is 48.0 Å². The van der Waals surface area contributed by atoms with Crippen LogP contribution in [0.15, 0.2) is 52.3 Å². The second kappa shape index (κ2) is 8.36. The fourth-order valence-corrected chi connectivity index (χ4v) is 5.33. The third-order valence-corrected chi connectivity index (χ3v) is 7.50. The summed E-state index contributed by atoms with van der Waals surface area (Å²) in [5, 5.41) is 5.52. The molecule has 1 atom stereocenters. The average molecular weight is 419 g/mol. The molecule has 2 amide bonds. The fourth-order valence-electron chi connectivity index (χ4n) is 2.96. The second-order valence-electron chi connectivity index (χ2n) is 6.68. The normalized spacial score (nSPS) is 14.7. The van der Waals surface area contributed by atoms with Crippen molar-refractivity contribution < 1.29 is 18.0 Å². The molecular weight excluding hydrogens is 396 g/mol. The zero-order valence-corrected chi connectivity index (χ0v) is 17.3. The molecule has 0 saturated heterocycles. The zero-order valence-electron chi connectivity index (χ0n) is 15.7. The standard InChI is InChI=1S/C20H22N2O4S2/c1-3-14-6-4-5-7-16(14)22-20(24)13(2)12-28(25,26)15-8-9-18-17(10-15)21-19(23)11-27-18/h4-10,13H,3,11-12H2,1-2H3,(H,21,23)(H,22,24). The van der Waals surface area contributed by atoms with E-state index in [9.17, 15) is 18.0 Å². The van der Waals surface area contributed by atoms with Crippen LogP contribution in [0.3, 0.4) is 0 Å². The minimum atomic E-state index is -3.68. The highest BCUT2D eigenvalue weighted by molar-refractivity contribution is 8.00. The number of anilines is 2. The van der Waals surface area contributed by atoms with Gasteiger partial charge in [0.1, 0.15) is 0 Å². The maximum atomic E-state index is 12.8. The van der Waals surface area contributed by atoms with E-state index in [-0.39, 0.29) is 22.5 Å². The fraction of sp³-hybridized carbons (Fsp3) is 0.300. The van der Waals surface area contributed by atoms with Gasteiger partial charge in [-0.3, -0.25) is 9.59 Å². The number of para-hydroxylation sites is 1. The number of carbonyl (C=O) groups excluding carboxylic acids is 2. The monoisotopic (exact) mass is 418 g/mol. The molecule has 0 aliphatic carbocycles. The number of fused-ring (bicyclic) bond motifs is 1. The number of aryl methyl sites for hydroxylation is 1. The van der Waals surface area contributed by atoms with E-state index in [0.29, 0.717) is 17.1 Å². The van der Waals surface area contributed by atoms with E-state index in [1.165, 1.54) is 23.9 Å². The number of sulfone groups is 1. The number of hydrogen-bond donors (Lipinski definition) is 2. The summed E-state index contributed by atoms with van der Waals surface area (Å²) in [5.41, 5.74) is 2.19. The first-order valence-corrected chi connectivity index (χ1v) is 11.6. The number of carbonyl (C=O) groups is 2. The van der Waals surface area contributed by atoms with E-state index in [1.54, 1.807) is 13.0 Å². The number of benzene rings is 2. The summed E-state index contributed by atoms with van der Waals surface area (Å²) in [5.74, 6) is -1.22. The summed E-state index contributed by atoms with van der Waals surface area (Å²) in [6, 6.07) is 12.1. The van der Waals surface area contributed by atoms with Crippen LogP contribution in [0.1, 0.15) is 19.4 Å². The predicted octanol–water partition coefficient (Wildman–Crippen LogP) is 3.34. The molecule has 1 aliphatic heterocycles. The number of nitrogens with one attached hydrogen (secondary N) is 2. The molecule has 148 valence electrons. The topological polar surface area (TPSA) is 92.3 Å². The molecule has 8 heteroatoms. The van der Waals surface area contributed by atoms with Gasteiger partial charge in [-0.25, -0.2) is 8.42 Å². The molecule has 0 spiro atoms. The van der Waals surface area contributed by atoms with Crippen LogP contribution in [0.4, 0.5) is 11.4 Å². The van der Waals surface area contributed by atoms with Crippen molar-refractivity contribution in [2.45, 2.75) is 30.1 Å². The minimum Gasteiger partial charge on any atom is -0.326 e. The third kappa shape index (κ3) is 4.56. The Bertz CT molecular complexity index is 1020. The molecule has 0 fully saturated rings. The van der Waals surface area contributed by atoms with Crippen molar-refractivity contribution in [3.8, 4) is 0 Å². The molecule has 0 bridgehead atoms. The molecule has 1 heterocycles. The smallest absolute Gasteiger partial charge is 0.234 e. The average Bonchev–Trinajstić information content (AvgIpc) is 2.67. The van der Waals surface area contributed by atoms with Crippen LogP contribution in [0.25, 0.3) is 0 Å². The van der Waals surface area contributed by atoms with Gasteiger partial charge in [0.15, 0.2) is 9.84 Å². The molecule has 6 nitrogen and oxygen atoms in total. The van der Waals surface area contributed by atoms with Crippen LogP contribution < -0.4 is 10.6 Å².